The van der Waals surface area contributed by atoms with Crippen molar-refractivity contribution in [2.24, 2.45) is 5.73 Å². The number of hydrogen-bond donors (Lipinski definition) is 2. The van der Waals surface area contributed by atoms with E-state index >= 15 is 0 Å². The van der Waals surface area contributed by atoms with Crippen LogP contribution in [0.4, 0.5) is 16.2 Å². The highest BCUT2D eigenvalue weighted by atomic mass is 16.2. The van der Waals surface area contributed by atoms with E-state index < -0.39 is 11.9 Å². The van der Waals surface area contributed by atoms with Gasteiger partial charge in [-0.15, -0.1) is 0 Å². The molecule has 0 radical (unpaired) electrons. The molecular weight excluding hydrogens is 496 g/mol. The highest BCUT2D eigenvalue weighted by molar-refractivity contribution is 6.05. The summed E-state index contributed by atoms with van der Waals surface area (Å²) in [5, 5.41) is 7.79. The first kappa shape index (κ1) is 24.6. The smallest absolute Gasteiger partial charge is 0.328 e. The minimum absolute atomic E-state index is 0.248. The van der Waals surface area contributed by atoms with Gasteiger partial charge in [-0.1, -0.05) is 12.1 Å². The summed E-state index contributed by atoms with van der Waals surface area (Å²) in [7, 11) is 0. The Morgan fingerprint density at radius 1 is 0.897 bits per heavy atom. The first-order valence-electron chi connectivity index (χ1n) is 12.9. The molecule has 198 valence electrons. The van der Waals surface area contributed by atoms with E-state index in [2.05, 4.69) is 37.3 Å². The van der Waals surface area contributed by atoms with Crippen LogP contribution in [0.3, 0.4) is 0 Å². The number of nitrogens with zero attached hydrogens (tertiary/aromatic N) is 6. The molecule has 0 aliphatic carbocycles. The normalized spacial score (nSPS) is 16.5. The third-order valence-corrected chi connectivity index (χ3v) is 7.21. The number of pyridine rings is 1. The monoisotopic (exact) mass is 524 g/mol. The van der Waals surface area contributed by atoms with Crippen molar-refractivity contribution in [2.75, 3.05) is 42.5 Å². The molecule has 2 aromatic heterocycles. The fourth-order valence-corrected chi connectivity index (χ4v) is 5.07. The van der Waals surface area contributed by atoms with E-state index in [1.807, 2.05) is 42.6 Å². The van der Waals surface area contributed by atoms with E-state index in [0.29, 0.717) is 29.7 Å². The lowest BCUT2D eigenvalue weighted by molar-refractivity contribution is -0.120. The van der Waals surface area contributed by atoms with Gasteiger partial charge in [0.25, 0.3) is 5.91 Å². The molecule has 2 aliphatic rings. The molecule has 0 bridgehead atoms. The molecule has 0 spiro atoms. The molecule has 0 saturated carbocycles. The van der Waals surface area contributed by atoms with Crippen LogP contribution in [0.25, 0.3) is 16.6 Å². The third-order valence-electron chi connectivity index (χ3n) is 7.21. The van der Waals surface area contributed by atoms with E-state index in [9.17, 15) is 14.4 Å². The van der Waals surface area contributed by atoms with Crippen LogP contribution in [0.1, 0.15) is 22.5 Å². The highest BCUT2D eigenvalue weighted by Gasteiger charge is 2.24. The number of hydrogen-bond acceptors (Lipinski definition) is 7. The maximum absolute atomic E-state index is 12.1. The maximum Gasteiger partial charge on any atom is 0.328 e. The second-order valence-electron chi connectivity index (χ2n) is 9.72. The zero-order valence-electron chi connectivity index (χ0n) is 21.3. The molecule has 4 aromatic rings. The molecule has 0 atom stereocenters. The number of imide groups is 1. The molecule has 11 nitrogen and oxygen atoms in total. The van der Waals surface area contributed by atoms with Crippen molar-refractivity contribution >= 4 is 40.1 Å². The lowest BCUT2D eigenvalue weighted by Gasteiger charge is -2.36. The molecule has 2 fully saturated rings. The van der Waals surface area contributed by atoms with Crippen LogP contribution in [0, 0.1) is 0 Å². The summed E-state index contributed by atoms with van der Waals surface area (Å²) >= 11 is 0. The van der Waals surface area contributed by atoms with Gasteiger partial charge in [-0.2, -0.15) is 5.10 Å². The number of carbonyl (C=O) groups is 3. The Morgan fingerprint density at radius 2 is 1.64 bits per heavy atom. The van der Waals surface area contributed by atoms with Gasteiger partial charge in [0.2, 0.25) is 5.91 Å². The Balaban J connectivity index is 1.05. The number of aromatic nitrogens is 3. The average Bonchev–Trinajstić information content (AvgIpc) is 3.39. The molecule has 11 heteroatoms. The Labute approximate surface area is 224 Å². The number of rotatable bonds is 6. The van der Waals surface area contributed by atoms with Crippen LogP contribution < -0.4 is 20.9 Å². The number of urea groups is 1. The lowest BCUT2D eigenvalue weighted by Crippen LogP contribution is -2.49. The molecule has 6 rings (SSSR count). The second-order valence-corrected chi connectivity index (χ2v) is 9.72. The molecular formula is C28H28N8O3. The summed E-state index contributed by atoms with van der Waals surface area (Å²) in [6.45, 7) is 4.70. The molecule has 39 heavy (non-hydrogen) atoms. The van der Waals surface area contributed by atoms with Gasteiger partial charge in [-0.05, 0) is 42.5 Å². The fourth-order valence-electron chi connectivity index (χ4n) is 5.07. The predicted octanol–water partition coefficient (Wildman–Crippen LogP) is 2.29. The molecule has 2 aromatic carbocycles. The molecule has 4 amide bonds. The van der Waals surface area contributed by atoms with Crippen LogP contribution in [0.2, 0.25) is 0 Å². The van der Waals surface area contributed by atoms with Crippen LogP contribution in [-0.4, -0.2) is 70.2 Å². The number of piperazine rings is 1. The van der Waals surface area contributed by atoms with Gasteiger partial charge >= 0.3 is 6.03 Å². The Bertz CT molecular complexity index is 1540. The summed E-state index contributed by atoms with van der Waals surface area (Å²) in [5.41, 5.74) is 10.2. The quantitative estimate of drug-likeness (QED) is 0.396. The summed E-state index contributed by atoms with van der Waals surface area (Å²) < 4.78 is 1.77. The fraction of sp³-hybridized carbons (Fsp3) is 0.250. The SMILES string of the molecule is NC(=O)c1cccc2cn(-c3ccc(N4CCN(Cc5ccc(N6CCC(=O)NC6=O)cn5)CC4)cc3)nc12. The molecule has 3 N–H and O–H groups in total. The summed E-state index contributed by atoms with van der Waals surface area (Å²) in [4.78, 5) is 46.0. The molecule has 0 unspecified atom stereocenters. The summed E-state index contributed by atoms with van der Waals surface area (Å²) in [5.74, 6) is -0.735. The molecule has 4 heterocycles. The minimum atomic E-state index is -0.488. The summed E-state index contributed by atoms with van der Waals surface area (Å²) in [6.07, 6.45) is 3.89. The first-order chi connectivity index (χ1) is 18.9. The van der Waals surface area contributed by atoms with Crippen molar-refractivity contribution in [1.29, 1.82) is 0 Å². The Kier molecular flexibility index (Phi) is 6.41. The third kappa shape index (κ3) is 5.04. The van der Waals surface area contributed by atoms with Crippen LogP contribution >= 0.6 is 0 Å². The zero-order valence-corrected chi connectivity index (χ0v) is 21.3. The van der Waals surface area contributed by atoms with Gasteiger partial charge in [-0.25, -0.2) is 9.48 Å². The van der Waals surface area contributed by atoms with E-state index in [0.717, 1.165) is 55.2 Å². The van der Waals surface area contributed by atoms with Crippen LogP contribution in [0.5, 0.6) is 0 Å². The number of primary amides is 1. The Morgan fingerprint density at radius 3 is 2.33 bits per heavy atom. The second kappa shape index (κ2) is 10.2. The van der Waals surface area contributed by atoms with E-state index in [1.165, 1.54) is 4.90 Å². The van der Waals surface area contributed by atoms with Crippen molar-refractivity contribution in [1.82, 2.24) is 25.0 Å². The van der Waals surface area contributed by atoms with E-state index in [-0.39, 0.29) is 5.91 Å². The van der Waals surface area contributed by atoms with E-state index in [1.54, 1.807) is 16.9 Å². The number of amides is 4. The van der Waals surface area contributed by atoms with E-state index in [4.69, 9.17) is 5.73 Å². The number of carbonyl (C=O) groups excluding carboxylic acids is 3. The van der Waals surface area contributed by atoms with Crippen LogP contribution in [0.15, 0.2) is 67.0 Å². The van der Waals surface area contributed by atoms with Crippen molar-refractivity contribution < 1.29 is 14.4 Å². The Hall–Kier alpha value is -4.77. The first-order valence-corrected chi connectivity index (χ1v) is 12.9. The average molecular weight is 525 g/mol. The molecule has 2 saturated heterocycles. The van der Waals surface area contributed by atoms with Crippen LogP contribution in [-0.2, 0) is 11.3 Å². The van der Waals surface area contributed by atoms with Gasteiger partial charge in [0.05, 0.1) is 28.8 Å². The zero-order chi connectivity index (χ0) is 26.9. The van der Waals surface area contributed by atoms with Crippen molar-refractivity contribution in [3.8, 4) is 5.69 Å². The predicted molar refractivity (Wildman–Crippen MR) is 147 cm³/mol. The van der Waals surface area contributed by atoms with Crippen molar-refractivity contribution in [3.63, 3.8) is 0 Å². The maximum atomic E-state index is 12.1. The highest BCUT2D eigenvalue weighted by Crippen LogP contribution is 2.23. The van der Waals surface area contributed by atoms with Gasteiger partial charge in [-0.3, -0.25) is 29.7 Å². The number of nitrogens with one attached hydrogen (secondary N) is 1. The van der Waals surface area contributed by atoms with Crippen molar-refractivity contribution in [3.05, 3.63) is 78.2 Å². The van der Waals surface area contributed by atoms with Gasteiger partial charge in [0, 0.05) is 63.0 Å². The lowest BCUT2D eigenvalue weighted by atomic mass is 10.1. The number of benzene rings is 2. The number of nitrogens with two attached hydrogens (primary N) is 1. The standard InChI is InChI=1S/C28H28N8O3/c29-27(38)24-3-1-2-19-17-36(32-26(19)24)22-8-6-21(7-9-22)34-14-12-33(13-15-34)18-20-4-5-23(16-30-20)35-11-10-25(37)31-28(35)39/h1-9,16-17H,10-15,18H2,(H2,29,38)(H,31,37,39). The number of anilines is 2. The molecule has 2 aliphatic heterocycles. The minimum Gasteiger partial charge on any atom is -0.369 e. The van der Waals surface area contributed by atoms with Crippen molar-refractivity contribution in [2.45, 2.75) is 13.0 Å². The number of fused-ring (bicyclic) bond motifs is 1. The largest absolute Gasteiger partial charge is 0.369 e. The van der Waals surface area contributed by atoms with Gasteiger partial charge in [0.1, 0.15) is 5.52 Å². The van der Waals surface area contributed by atoms with Gasteiger partial charge in [0.15, 0.2) is 0 Å². The van der Waals surface area contributed by atoms with Gasteiger partial charge < -0.3 is 10.6 Å². The topological polar surface area (TPSA) is 130 Å². The summed E-state index contributed by atoms with van der Waals surface area (Å²) in [6, 6.07) is 17.1.